The van der Waals surface area contributed by atoms with Crippen molar-refractivity contribution in [1.82, 2.24) is 0 Å². The number of amides is 1. The van der Waals surface area contributed by atoms with E-state index in [9.17, 15) is 14.9 Å². The molecule has 0 saturated heterocycles. The van der Waals surface area contributed by atoms with Crippen molar-refractivity contribution in [2.24, 2.45) is 0 Å². The second kappa shape index (κ2) is 8.35. The summed E-state index contributed by atoms with van der Waals surface area (Å²) in [5.41, 5.74) is 2.91. The number of nitro benzene ring substituents is 1. The number of hydrogen-bond donors (Lipinski definition) is 1. The zero-order valence-corrected chi connectivity index (χ0v) is 15.6. The number of nitro groups is 1. The van der Waals surface area contributed by atoms with Crippen LogP contribution in [0.2, 0.25) is 0 Å². The van der Waals surface area contributed by atoms with Gasteiger partial charge in [0.25, 0.3) is 11.6 Å². The second-order valence-corrected chi connectivity index (χ2v) is 6.35. The Hall–Kier alpha value is -3.67. The van der Waals surface area contributed by atoms with Gasteiger partial charge in [0.05, 0.1) is 16.2 Å². The summed E-state index contributed by atoms with van der Waals surface area (Å²) < 4.78 is 5.71. The highest BCUT2D eigenvalue weighted by molar-refractivity contribution is 5.95. The molecule has 28 heavy (non-hydrogen) atoms. The number of anilines is 1. The lowest BCUT2D eigenvalue weighted by molar-refractivity contribution is -0.385. The van der Waals surface area contributed by atoms with Crippen LogP contribution >= 0.6 is 0 Å². The Morgan fingerprint density at radius 3 is 2.25 bits per heavy atom. The first-order valence-electron chi connectivity index (χ1n) is 8.82. The minimum Gasteiger partial charge on any atom is -0.481 e. The van der Waals surface area contributed by atoms with Crippen LogP contribution in [0.4, 0.5) is 11.4 Å². The molecule has 1 N–H and O–H groups in total. The van der Waals surface area contributed by atoms with Gasteiger partial charge in [0.15, 0.2) is 6.10 Å². The molecule has 0 aromatic heterocycles. The van der Waals surface area contributed by atoms with Gasteiger partial charge in [-0.15, -0.1) is 0 Å². The standard InChI is InChI=1S/C22H20N2O4/c1-15-20(9-6-10-21(15)24(26)27)23-22(25)16(2)28-19-13-11-18(12-14-19)17-7-4-3-5-8-17/h3-14,16H,1-2H3,(H,23,25)/t16-/m0/s1. The van der Waals surface area contributed by atoms with E-state index >= 15 is 0 Å². The van der Waals surface area contributed by atoms with E-state index in [0.717, 1.165) is 11.1 Å². The maximum absolute atomic E-state index is 12.4. The molecule has 3 aromatic rings. The van der Waals surface area contributed by atoms with Gasteiger partial charge in [0, 0.05) is 6.07 Å². The summed E-state index contributed by atoms with van der Waals surface area (Å²) in [5, 5.41) is 13.7. The normalized spacial score (nSPS) is 11.5. The lowest BCUT2D eigenvalue weighted by atomic mass is 10.1. The molecule has 1 amide bonds. The highest BCUT2D eigenvalue weighted by Crippen LogP contribution is 2.26. The number of ether oxygens (including phenoxy) is 1. The van der Waals surface area contributed by atoms with E-state index in [1.165, 1.54) is 12.1 Å². The number of rotatable bonds is 6. The fourth-order valence-corrected chi connectivity index (χ4v) is 2.81. The van der Waals surface area contributed by atoms with Crippen molar-refractivity contribution < 1.29 is 14.5 Å². The van der Waals surface area contributed by atoms with E-state index in [2.05, 4.69) is 5.32 Å². The van der Waals surface area contributed by atoms with Gasteiger partial charge in [0.1, 0.15) is 5.75 Å². The molecule has 6 nitrogen and oxygen atoms in total. The minimum absolute atomic E-state index is 0.0390. The van der Waals surface area contributed by atoms with Gasteiger partial charge in [-0.2, -0.15) is 0 Å². The smallest absolute Gasteiger partial charge is 0.274 e. The third-order valence-corrected chi connectivity index (χ3v) is 4.40. The molecular formula is C22H20N2O4. The maximum atomic E-state index is 12.4. The Balaban J connectivity index is 1.66. The summed E-state index contributed by atoms with van der Waals surface area (Å²) in [4.78, 5) is 23.0. The number of benzene rings is 3. The van der Waals surface area contributed by atoms with Crippen molar-refractivity contribution in [3.05, 3.63) is 88.5 Å². The Bertz CT molecular complexity index is 985. The van der Waals surface area contributed by atoms with Crippen LogP contribution in [0, 0.1) is 17.0 Å². The number of nitrogens with zero attached hydrogens (tertiary/aromatic N) is 1. The van der Waals surface area contributed by atoms with Crippen LogP contribution in [0.5, 0.6) is 5.75 Å². The van der Waals surface area contributed by atoms with Crippen LogP contribution in [0.3, 0.4) is 0 Å². The van der Waals surface area contributed by atoms with Crippen molar-refractivity contribution in [3.8, 4) is 16.9 Å². The van der Waals surface area contributed by atoms with Gasteiger partial charge in [-0.1, -0.05) is 48.5 Å². The molecule has 0 aliphatic heterocycles. The zero-order chi connectivity index (χ0) is 20.1. The van der Waals surface area contributed by atoms with Gasteiger partial charge >= 0.3 is 0 Å². The lowest BCUT2D eigenvalue weighted by Crippen LogP contribution is -2.30. The Labute approximate surface area is 162 Å². The average Bonchev–Trinajstić information content (AvgIpc) is 2.70. The topological polar surface area (TPSA) is 81.5 Å². The van der Waals surface area contributed by atoms with Gasteiger partial charge in [-0.05, 0) is 43.2 Å². The van der Waals surface area contributed by atoms with Gasteiger partial charge in [0.2, 0.25) is 0 Å². The van der Waals surface area contributed by atoms with Gasteiger partial charge in [-0.25, -0.2) is 0 Å². The van der Waals surface area contributed by atoms with Crippen LogP contribution in [-0.2, 0) is 4.79 Å². The van der Waals surface area contributed by atoms with E-state index in [0.29, 0.717) is 17.0 Å². The summed E-state index contributed by atoms with van der Waals surface area (Å²) >= 11 is 0. The van der Waals surface area contributed by atoms with Crippen molar-refractivity contribution in [3.63, 3.8) is 0 Å². The molecule has 0 radical (unpaired) electrons. The molecule has 3 rings (SSSR count). The zero-order valence-electron chi connectivity index (χ0n) is 15.6. The second-order valence-electron chi connectivity index (χ2n) is 6.35. The molecule has 0 saturated carbocycles. The maximum Gasteiger partial charge on any atom is 0.274 e. The predicted molar refractivity (Wildman–Crippen MR) is 108 cm³/mol. The van der Waals surface area contributed by atoms with Crippen LogP contribution < -0.4 is 10.1 Å². The summed E-state index contributed by atoms with van der Waals surface area (Å²) in [7, 11) is 0. The molecule has 3 aromatic carbocycles. The van der Waals surface area contributed by atoms with Crippen LogP contribution in [-0.4, -0.2) is 16.9 Å². The first-order valence-corrected chi connectivity index (χ1v) is 8.82. The van der Waals surface area contributed by atoms with E-state index in [4.69, 9.17) is 4.74 Å². The quantitative estimate of drug-likeness (QED) is 0.486. The van der Waals surface area contributed by atoms with Gasteiger partial charge < -0.3 is 10.1 Å². The SMILES string of the molecule is Cc1c(NC(=O)[C@H](C)Oc2ccc(-c3ccccc3)cc2)cccc1[N+](=O)[O-]. The van der Waals surface area contributed by atoms with Crippen LogP contribution in [0.25, 0.3) is 11.1 Å². The number of carbonyl (C=O) groups excluding carboxylic acids is 1. The molecule has 0 spiro atoms. The van der Waals surface area contributed by atoms with Crippen molar-refractivity contribution in [2.75, 3.05) is 5.32 Å². The highest BCUT2D eigenvalue weighted by atomic mass is 16.6. The molecular weight excluding hydrogens is 356 g/mol. The minimum atomic E-state index is -0.763. The van der Waals surface area contributed by atoms with Crippen molar-refractivity contribution in [2.45, 2.75) is 20.0 Å². The summed E-state index contributed by atoms with van der Waals surface area (Å²) in [5.74, 6) is 0.189. The summed E-state index contributed by atoms with van der Waals surface area (Å²) in [6.45, 7) is 3.23. The Morgan fingerprint density at radius 2 is 1.61 bits per heavy atom. The molecule has 1 atom stereocenters. The Kier molecular flexibility index (Phi) is 5.69. The molecule has 0 fully saturated rings. The monoisotopic (exact) mass is 376 g/mol. The third-order valence-electron chi connectivity index (χ3n) is 4.40. The first-order chi connectivity index (χ1) is 13.5. The van der Waals surface area contributed by atoms with Crippen LogP contribution in [0.1, 0.15) is 12.5 Å². The predicted octanol–water partition coefficient (Wildman–Crippen LogP) is 4.98. The fourth-order valence-electron chi connectivity index (χ4n) is 2.81. The van der Waals surface area contributed by atoms with Gasteiger partial charge in [-0.3, -0.25) is 14.9 Å². The average molecular weight is 376 g/mol. The number of nitrogens with one attached hydrogen (secondary N) is 1. The molecule has 0 aliphatic rings. The highest BCUT2D eigenvalue weighted by Gasteiger charge is 2.19. The molecule has 0 unspecified atom stereocenters. The molecule has 0 bridgehead atoms. The molecule has 0 aliphatic carbocycles. The summed E-state index contributed by atoms with van der Waals surface area (Å²) in [6.07, 6.45) is -0.763. The molecule has 0 heterocycles. The third kappa shape index (κ3) is 4.35. The molecule has 142 valence electrons. The number of carbonyl (C=O) groups is 1. The first kappa shape index (κ1) is 19.1. The van der Waals surface area contributed by atoms with E-state index in [-0.39, 0.29) is 11.6 Å². The lowest BCUT2D eigenvalue weighted by Gasteiger charge is -2.16. The number of hydrogen-bond acceptors (Lipinski definition) is 4. The van der Waals surface area contributed by atoms with Crippen LogP contribution in [0.15, 0.2) is 72.8 Å². The summed E-state index contributed by atoms with van der Waals surface area (Å²) in [6, 6.07) is 22.0. The van der Waals surface area contributed by atoms with E-state index in [1.54, 1.807) is 19.9 Å². The van der Waals surface area contributed by atoms with E-state index < -0.39 is 11.0 Å². The Morgan fingerprint density at radius 1 is 0.964 bits per heavy atom. The van der Waals surface area contributed by atoms with Crippen molar-refractivity contribution in [1.29, 1.82) is 0 Å². The van der Waals surface area contributed by atoms with Crippen molar-refractivity contribution >= 4 is 17.3 Å². The largest absolute Gasteiger partial charge is 0.481 e. The molecule has 6 heteroatoms. The van der Waals surface area contributed by atoms with E-state index in [1.807, 2.05) is 54.6 Å². The fraction of sp³-hybridized carbons (Fsp3) is 0.136.